The zero-order valence-corrected chi connectivity index (χ0v) is 21.9. The number of anilines is 3. The zero-order valence-electron chi connectivity index (χ0n) is 21.9. The molecule has 0 radical (unpaired) electrons. The highest BCUT2D eigenvalue weighted by atomic mass is 19.4. The van der Waals surface area contributed by atoms with Crippen LogP contribution in [0.4, 0.5) is 35.1 Å². The van der Waals surface area contributed by atoms with Gasteiger partial charge in [-0.2, -0.15) is 13.2 Å². The monoisotopic (exact) mass is 562 g/mol. The molecule has 40 heavy (non-hydrogen) atoms. The Kier molecular flexibility index (Phi) is 8.55. The van der Waals surface area contributed by atoms with Crippen LogP contribution in [-0.4, -0.2) is 68.6 Å². The number of fused-ring (bicyclic) bond motifs is 1. The summed E-state index contributed by atoms with van der Waals surface area (Å²) >= 11 is 0. The van der Waals surface area contributed by atoms with Crippen molar-refractivity contribution in [2.75, 3.05) is 42.1 Å². The van der Waals surface area contributed by atoms with Gasteiger partial charge in [-0.15, -0.1) is 0 Å². The molecule has 1 aromatic carbocycles. The Hall–Kier alpha value is -4.23. The van der Waals surface area contributed by atoms with Gasteiger partial charge >= 0.3 is 6.18 Å². The largest absolute Gasteiger partial charge is 0.419 e. The number of nitrogen functional groups attached to an aromatic ring is 1. The Morgan fingerprint density at radius 3 is 2.40 bits per heavy atom. The molecule has 2 aliphatic heterocycles. The van der Waals surface area contributed by atoms with E-state index in [0.717, 1.165) is 31.3 Å². The molecular weight excluding hydrogens is 532 g/mol. The van der Waals surface area contributed by atoms with Crippen LogP contribution >= 0.6 is 0 Å². The smallest absolute Gasteiger partial charge is 0.368 e. The van der Waals surface area contributed by atoms with Gasteiger partial charge in [0.1, 0.15) is 6.17 Å². The number of aryl methyl sites for hydroxylation is 1. The number of nitrogens with two attached hydrogens (primary N) is 1. The third-order valence-electron chi connectivity index (χ3n) is 6.71. The third-order valence-corrected chi connectivity index (χ3v) is 6.71. The molecule has 1 atom stereocenters. The van der Waals surface area contributed by atoms with E-state index in [4.69, 9.17) is 5.73 Å². The molecule has 0 bridgehead atoms. The molecule has 214 valence electrons. The highest BCUT2D eigenvalue weighted by Gasteiger charge is 2.31. The molecular formula is C26H30F4N8O2. The van der Waals surface area contributed by atoms with Gasteiger partial charge in [-0.05, 0) is 43.9 Å². The van der Waals surface area contributed by atoms with Gasteiger partial charge in [-0.1, -0.05) is 6.58 Å². The molecule has 14 heteroatoms. The second-order valence-corrected chi connectivity index (χ2v) is 9.56. The van der Waals surface area contributed by atoms with Crippen LogP contribution in [0.15, 0.2) is 37.2 Å². The molecule has 0 saturated carbocycles. The van der Waals surface area contributed by atoms with E-state index in [1.165, 1.54) is 6.08 Å². The van der Waals surface area contributed by atoms with Crippen molar-refractivity contribution in [3.8, 4) is 0 Å². The van der Waals surface area contributed by atoms with E-state index >= 15 is 0 Å². The van der Waals surface area contributed by atoms with Crippen LogP contribution in [0.2, 0.25) is 0 Å². The van der Waals surface area contributed by atoms with Gasteiger partial charge in [0.25, 0.3) is 5.91 Å². The zero-order chi connectivity index (χ0) is 29.0. The van der Waals surface area contributed by atoms with Crippen molar-refractivity contribution < 1.29 is 27.2 Å². The second kappa shape index (κ2) is 11.9. The molecule has 1 unspecified atom stereocenters. The summed E-state index contributed by atoms with van der Waals surface area (Å²) in [5.74, 6) is 0.0210. The SMILES string of the molecule is C=CC(=O)Nc1cc2nc(N3CCCC(F)C3)n(C)c2cc1C(=O)N1CCCC1.Nc1ncc(C(F)(F)F)cn1. The molecule has 4 heterocycles. The molecule has 3 N–H and O–H groups in total. The first-order valence-corrected chi connectivity index (χ1v) is 12.7. The summed E-state index contributed by atoms with van der Waals surface area (Å²) in [5.41, 5.74) is 6.37. The minimum atomic E-state index is -4.40. The van der Waals surface area contributed by atoms with Crippen LogP contribution in [-0.2, 0) is 18.0 Å². The van der Waals surface area contributed by atoms with Crippen LogP contribution in [0.1, 0.15) is 41.6 Å². The van der Waals surface area contributed by atoms with Crippen molar-refractivity contribution in [3.63, 3.8) is 0 Å². The molecule has 0 spiro atoms. The number of nitrogens with zero attached hydrogens (tertiary/aromatic N) is 6. The first-order valence-electron chi connectivity index (χ1n) is 12.7. The van der Waals surface area contributed by atoms with Gasteiger partial charge in [0.05, 0.1) is 34.4 Å². The summed E-state index contributed by atoms with van der Waals surface area (Å²) in [7, 11) is 1.87. The Bertz CT molecular complexity index is 1380. The standard InChI is InChI=1S/C21H26FN5O2.C5H4F3N3/c1-3-19(28)23-16-12-17-18(11-15(16)20(29)26-8-4-5-9-26)25(2)21(24-17)27-10-6-7-14(22)13-27;6-5(7,8)3-1-10-4(9)11-2-3/h3,11-12,14H,1,4-10,13H2,2H3,(H,23,28);1-2H,(H2,9,10,11). The number of halogens is 4. The van der Waals surface area contributed by atoms with Crippen LogP contribution in [0, 0.1) is 0 Å². The normalized spacial score (nSPS) is 17.4. The summed E-state index contributed by atoms with van der Waals surface area (Å²) < 4.78 is 51.2. The maximum atomic E-state index is 13.9. The van der Waals surface area contributed by atoms with Gasteiger partial charge in [0, 0.05) is 39.1 Å². The molecule has 2 amide bonds. The van der Waals surface area contributed by atoms with Gasteiger partial charge in [-0.25, -0.2) is 19.3 Å². The predicted octanol–water partition coefficient (Wildman–Crippen LogP) is 3.95. The number of hydrogen-bond acceptors (Lipinski definition) is 7. The number of likely N-dealkylation sites (tertiary alicyclic amines) is 1. The van der Waals surface area contributed by atoms with E-state index in [-0.39, 0.29) is 17.8 Å². The van der Waals surface area contributed by atoms with Crippen LogP contribution < -0.4 is 16.0 Å². The molecule has 2 fully saturated rings. The summed E-state index contributed by atoms with van der Waals surface area (Å²) in [4.78, 5) is 39.9. The number of piperidine rings is 1. The van der Waals surface area contributed by atoms with Crippen LogP contribution in [0.25, 0.3) is 11.0 Å². The molecule has 3 aromatic rings. The number of carbonyl (C=O) groups is 2. The van der Waals surface area contributed by atoms with Crippen molar-refractivity contribution in [3.05, 3.63) is 48.3 Å². The number of alkyl halides is 4. The fraction of sp³-hybridized carbons (Fsp3) is 0.423. The lowest BCUT2D eigenvalue weighted by molar-refractivity contribution is -0.138. The van der Waals surface area contributed by atoms with E-state index in [1.54, 1.807) is 17.0 Å². The first-order chi connectivity index (χ1) is 19.0. The number of rotatable bonds is 4. The van der Waals surface area contributed by atoms with Crippen molar-refractivity contribution in [2.24, 2.45) is 7.05 Å². The fourth-order valence-electron chi connectivity index (χ4n) is 4.65. The molecule has 2 saturated heterocycles. The number of nitrogens with one attached hydrogen (secondary N) is 1. The third kappa shape index (κ3) is 6.49. The quantitative estimate of drug-likeness (QED) is 0.365. The van der Waals surface area contributed by atoms with Crippen LogP contribution in [0.3, 0.4) is 0 Å². The van der Waals surface area contributed by atoms with Gasteiger partial charge < -0.3 is 25.4 Å². The van der Waals surface area contributed by atoms with Crippen molar-refractivity contribution in [1.29, 1.82) is 0 Å². The average molecular weight is 563 g/mol. The lowest BCUT2D eigenvalue weighted by Gasteiger charge is -2.29. The summed E-state index contributed by atoms with van der Waals surface area (Å²) in [6.07, 6.45) is 0.523. The summed E-state index contributed by atoms with van der Waals surface area (Å²) in [5, 5.41) is 2.74. The van der Waals surface area contributed by atoms with Crippen molar-refractivity contribution in [1.82, 2.24) is 24.4 Å². The Labute approximate surface area is 227 Å². The lowest BCUT2D eigenvalue weighted by atomic mass is 10.1. The number of benzene rings is 1. The summed E-state index contributed by atoms with van der Waals surface area (Å²) in [6, 6.07) is 3.50. The van der Waals surface area contributed by atoms with Crippen molar-refractivity contribution in [2.45, 2.75) is 38.0 Å². The molecule has 5 rings (SSSR count). The predicted molar refractivity (Wildman–Crippen MR) is 142 cm³/mol. The molecule has 0 aliphatic carbocycles. The summed E-state index contributed by atoms with van der Waals surface area (Å²) in [6.45, 7) is 5.98. The fourth-order valence-corrected chi connectivity index (χ4v) is 4.65. The Morgan fingerprint density at radius 1 is 1.12 bits per heavy atom. The average Bonchev–Trinajstić information content (AvgIpc) is 3.56. The van der Waals surface area contributed by atoms with Gasteiger partial charge in [-0.3, -0.25) is 9.59 Å². The number of amides is 2. The Balaban J connectivity index is 0.000000283. The topological polar surface area (TPSA) is 122 Å². The van der Waals surface area contributed by atoms with E-state index in [2.05, 4.69) is 26.8 Å². The van der Waals surface area contributed by atoms with E-state index in [0.29, 0.717) is 61.2 Å². The lowest BCUT2D eigenvalue weighted by Crippen LogP contribution is -2.37. The van der Waals surface area contributed by atoms with Gasteiger partial charge in [0.15, 0.2) is 0 Å². The maximum absolute atomic E-state index is 13.9. The van der Waals surface area contributed by atoms with Crippen LogP contribution in [0.5, 0.6) is 0 Å². The molecule has 2 aliphatic rings. The van der Waals surface area contributed by atoms with E-state index in [1.807, 2.05) is 16.5 Å². The number of imidazole rings is 1. The molecule has 2 aromatic heterocycles. The number of hydrogen-bond donors (Lipinski definition) is 2. The minimum Gasteiger partial charge on any atom is -0.368 e. The van der Waals surface area contributed by atoms with E-state index in [9.17, 15) is 27.2 Å². The van der Waals surface area contributed by atoms with Gasteiger partial charge in [0.2, 0.25) is 17.8 Å². The second-order valence-electron chi connectivity index (χ2n) is 9.56. The van der Waals surface area contributed by atoms with Crippen molar-refractivity contribution >= 4 is 40.4 Å². The maximum Gasteiger partial charge on any atom is 0.419 e. The number of aromatic nitrogens is 4. The highest BCUT2D eigenvalue weighted by molar-refractivity contribution is 6.09. The van der Waals surface area contributed by atoms with E-state index < -0.39 is 17.9 Å². The minimum absolute atomic E-state index is 0.103. The highest BCUT2D eigenvalue weighted by Crippen LogP contribution is 2.31. The number of carbonyl (C=O) groups excluding carboxylic acids is 2. The Morgan fingerprint density at radius 2 is 1.80 bits per heavy atom. The molecule has 10 nitrogen and oxygen atoms in total. The first kappa shape index (κ1) is 28.8.